The van der Waals surface area contributed by atoms with Crippen LogP contribution in [-0.2, 0) is 11.8 Å². The molecule has 3 heterocycles. The fraction of sp³-hybridized carbons (Fsp3) is 0.533. The lowest BCUT2D eigenvalue weighted by atomic mass is 10.1. The number of morpholine rings is 1. The summed E-state index contributed by atoms with van der Waals surface area (Å²) in [4.78, 5) is 31.1. The molecule has 0 aliphatic carbocycles. The molecule has 0 aromatic carbocycles. The van der Waals surface area contributed by atoms with Gasteiger partial charge in [-0.15, -0.1) is 0 Å². The Morgan fingerprint density at radius 3 is 2.64 bits per heavy atom. The minimum atomic E-state index is -0.289. The number of H-pyrrole nitrogens is 1. The Hall–Kier alpha value is -2.15. The van der Waals surface area contributed by atoms with Gasteiger partial charge in [0.05, 0.1) is 23.2 Å². The SMILES string of the molecule is Cc1cc(C(=O)N2C[C@@H](C)O[C@H](C)C2)c2c(=O)[nH]n(C)c2n1. The third-order valence-corrected chi connectivity index (χ3v) is 3.88. The molecule has 2 atom stereocenters. The first kappa shape index (κ1) is 14.8. The van der Waals surface area contributed by atoms with Gasteiger partial charge in [0.25, 0.3) is 11.5 Å². The van der Waals surface area contributed by atoms with Crippen LogP contribution in [-0.4, -0.2) is 50.9 Å². The fourth-order valence-corrected chi connectivity index (χ4v) is 3.07. The molecule has 0 radical (unpaired) electrons. The number of rotatable bonds is 1. The zero-order valence-electron chi connectivity index (χ0n) is 13.2. The summed E-state index contributed by atoms with van der Waals surface area (Å²) in [6.07, 6.45) is -0.0274. The summed E-state index contributed by atoms with van der Waals surface area (Å²) in [6, 6.07) is 1.69. The molecule has 2 aromatic rings. The Labute approximate surface area is 127 Å². The third kappa shape index (κ3) is 2.41. The number of carbonyl (C=O) groups excluding carboxylic acids is 1. The van der Waals surface area contributed by atoms with E-state index in [1.165, 1.54) is 0 Å². The summed E-state index contributed by atoms with van der Waals surface area (Å²) in [5.74, 6) is -0.144. The second kappa shape index (κ2) is 5.24. The summed E-state index contributed by atoms with van der Waals surface area (Å²) >= 11 is 0. The first-order valence-corrected chi connectivity index (χ1v) is 7.38. The topological polar surface area (TPSA) is 80.2 Å². The highest BCUT2D eigenvalue weighted by molar-refractivity contribution is 6.05. The van der Waals surface area contributed by atoms with Gasteiger partial charge in [-0.25, -0.2) is 4.98 Å². The van der Waals surface area contributed by atoms with E-state index in [1.807, 2.05) is 20.8 Å². The second-order valence-electron chi connectivity index (χ2n) is 5.98. The number of nitrogens with zero attached hydrogens (tertiary/aromatic N) is 3. The van der Waals surface area contributed by atoms with Crippen LogP contribution in [0, 0.1) is 6.92 Å². The number of aromatic amines is 1. The van der Waals surface area contributed by atoms with Crippen LogP contribution in [0.3, 0.4) is 0 Å². The normalized spacial score (nSPS) is 22.3. The van der Waals surface area contributed by atoms with Crippen molar-refractivity contribution in [1.82, 2.24) is 19.7 Å². The van der Waals surface area contributed by atoms with Crippen molar-refractivity contribution in [2.75, 3.05) is 13.1 Å². The number of fused-ring (bicyclic) bond motifs is 1. The first-order chi connectivity index (χ1) is 10.4. The molecule has 2 aromatic heterocycles. The average molecular weight is 304 g/mol. The molecule has 118 valence electrons. The fourth-order valence-electron chi connectivity index (χ4n) is 3.07. The lowest BCUT2D eigenvalue weighted by Crippen LogP contribution is -2.48. The Morgan fingerprint density at radius 1 is 1.36 bits per heavy atom. The van der Waals surface area contributed by atoms with E-state index in [1.54, 1.807) is 22.7 Å². The molecule has 0 spiro atoms. The van der Waals surface area contributed by atoms with Crippen molar-refractivity contribution in [1.29, 1.82) is 0 Å². The van der Waals surface area contributed by atoms with Crippen molar-refractivity contribution in [3.8, 4) is 0 Å². The number of ether oxygens (including phenoxy) is 1. The largest absolute Gasteiger partial charge is 0.372 e. The molecule has 3 rings (SSSR count). The van der Waals surface area contributed by atoms with Crippen molar-refractivity contribution in [2.45, 2.75) is 33.0 Å². The number of carbonyl (C=O) groups is 1. The minimum Gasteiger partial charge on any atom is -0.372 e. The highest BCUT2D eigenvalue weighted by Gasteiger charge is 2.29. The highest BCUT2D eigenvalue weighted by atomic mass is 16.5. The molecule has 0 bridgehead atoms. The molecule has 7 heteroatoms. The summed E-state index contributed by atoms with van der Waals surface area (Å²) in [6.45, 7) is 6.75. The van der Waals surface area contributed by atoms with Crippen LogP contribution in [0.2, 0.25) is 0 Å². The van der Waals surface area contributed by atoms with Gasteiger partial charge in [-0.1, -0.05) is 0 Å². The minimum absolute atomic E-state index is 0.0137. The van der Waals surface area contributed by atoms with E-state index in [-0.39, 0.29) is 23.7 Å². The molecule has 1 saturated heterocycles. The van der Waals surface area contributed by atoms with Crippen LogP contribution in [0.25, 0.3) is 11.0 Å². The number of aryl methyl sites for hydroxylation is 2. The Morgan fingerprint density at radius 2 is 2.00 bits per heavy atom. The van der Waals surface area contributed by atoms with E-state index in [0.717, 1.165) is 0 Å². The lowest BCUT2D eigenvalue weighted by Gasteiger charge is -2.35. The summed E-state index contributed by atoms with van der Waals surface area (Å²) in [5, 5.41) is 3.01. The number of aromatic nitrogens is 3. The maximum Gasteiger partial charge on any atom is 0.274 e. The van der Waals surface area contributed by atoms with E-state index in [4.69, 9.17) is 4.74 Å². The maximum atomic E-state index is 12.9. The third-order valence-electron chi connectivity index (χ3n) is 3.88. The zero-order valence-corrected chi connectivity index (χ0v) is 13.2. The predicted molar refractivity (Wildman–Crippen MR) is 82.0 cm³/mol. The Bertz CT molecular complexity index is 782. The van der Waals surface area contributed by atoms with Gasteiger partial charge in [-0.05, 0) is 26.8 Å². The molecular weight excluding hydrogens is 284 g/mol. The van der Waals surface area contributed by atoms with Gasteiger partial charge < -0.3 is 9.64 Å². The second-order valence-corrected chi connectivity index (χ2v) is 5.98. The van der Waals surface area contributed by atoms with Gasteiger partial charge in [0.15, 0.2) is 5.65 Å². The van der Waals surface area contributed by atoms with Gasteiger partial charge >= 0.3 is 0 Å². The zero-order chi connectivity index (χ0) is 16.0. The highest BCUT2D eigenvalue weighted by Crippen LogP contribution is 2.19. The molecule has 7 nitrogen and oxygen atoms in total. The summed E-state index contributed by atoms with van der Waals surface area (Å²) in [7, 11) is 1.71. The van der Waals surface area contributed by atoms with Crippen LogP contribution >= 0.6 is 0 Å². The first-order valence-electron chi connectivity index (χ1n) is 7.38. The maximum absolute atomic E-state index is 12.9. The van der Waals surface area contributed by atoms with Crippen LogP contribution in [0.15, 0.2) is 10.9 Å². The number of hydrogen-bond acceptors (Lipinski definition) is 4. The van der Waals surface area contributed by atoms with E-state index in [9.17, 15) is 9.59 Å². The summed E-state index contributed by atoms with van der Waals surface area (Å²) in [5.41, 5.74) is 1.33. The van der Waals surface area contributed by atoms with E-state index in [2.05, 4.69) is 10.1 Å². The Balaban J connectivity index is 2.09. The van der Waals surface area contributed by atoms with E-state index < -0.39 is 0 Å². The monoisotopic (exact) mass is 304 g/mol. The van der Waals surface area contributed by atoms with Crippen molar-refractivity contribution in [2.24, 2.45) is 7.05 Å². The quantitative estimate of drug-likeness (QED) is 0.846. The molecule has 22 heavy (non-hydrogen) atoms. The van der Waals surface area contributed by atoms with Crippen LogP contribution in [0.5, 0.6) is 0 Å². The molecule has 1 N–H and O–H groups in total. The van der Waals surface area contributed by atoms with Gasteiger partial charge in [0, 0.05) is 25.8 Å². The van der Waals surface area contributed by atoms with Crippen molar-refractivity contribution >= 4 is 16.9 Å². The molecular formula is C15H20N4O3. The lowest BCUT2D eigenvalue weighted by molar-refractivity contribution is -0.0585. The van der Waals surface area contributed by atoms with Crippen molar-refractivity contribution in [3.05, 3.63) is 27.7 Å². The predicted octanol–water partition coefficient (Wildman–Crippen LogP) is 0.819. The number of pyridine rings is 1. The van der Waals surface area contributed by atoms with Crippen LogP contribution in [0.1, 0.15) is 29.9 Å². The van der Waals surface area contributed by atoms with Gasteiger partial charge in [0.2, 0.25) is 0 Å². The number of hydrogen-bond donors (Lipinski definition) is 1. The van der Waals surface area contributed by atoms with Crippen molar-refractivity contribution < 1.29 is 9.53 Å². The average Bonchev–Trinajstić information content (AvgIpc) is 2.71. The van der Waals surface area contributed by atoms with Gasteiger partial charge in [-0.3, -0.25) is 19.4 Å². The molecule has 0 unspecified atom stereocenters. The van der Waals surface area contributed by atoms with Gasteiger partial charge in [-0.2, -0.15) is 0 Å². The number of amides is 1. The number of nitrogens with one attached hydrogen (secondary N) is 1. The van der Waals surface area contributed by atoms with Crippen molar-refractivity contribution in [3.63, 3.8) is 0 Å². The standard InChI is InChI=1S/C15H20N4O3/c1-8-5-11(12-13(16-8)18(4)17-14(12)20)15(21)19-6-9(2)22-10(3)7-19/h5,9-10H,6-7H2,1-4H3,(H,17,20)/t9-,10-/m1/s1. The van der Waals surface area contributed by atoms with Crippen LogP contribution in [0.4, 0.5) is 0 Å². The smallest absolute Gasteiger partial charge is 0.274 e. The molecule has 1 aliphatic heterocycles. The van der Waals surface area contributed by atoms with E-state index >= 15 is 0 Å². The molecule has 1 aliphatic rings. The van der Waals surface area contributed by atoms with Gasteiger partial charge in [0.1, 0.15) is 0 Å². The Kier molecular flexibility index (Phi) is 3.52. The molecule has 0 saturated carbocycles. The summed E-state index contributed by atoms with van der Waals surface area (Å²) < 4.78 is 7.21. The molecule has 1 amide bonds. The molecule has 1 fully saturated rings. The van der Waals surface area contributed by atoms with Crippen LogP contribution < -0.4 is 5.56 Å². The van der Waals surface area contributed by atoms with E-state index in [0.29, 0.717) is 35.4 Å².